The van der Waals surface area contributed by atoms with Crippen LogP contribution >= 0.6 is 0 Å². The van der Waals surface area contributed by atoms with Crippen LogP contribution in [0.15, 0.2) is 24.5 Å². The van der Waals surface area contributed by atoms with Crippen molar-refractivity contribution in [1.82, 2.24) is 9.88 Å². The van der Waals surface area contributed by atoms with Gasteiger partial charge < -0.3 is 10.1 Å². The van der Waals surface area contributed by atoms with E-state index in [1.54, 1.807) is 24.5 Å². The number of pyridine rings is 1. The number of amides is 2. The SMILES string of the molecule is CC(C)(C)OC(=O)N1CCC[C@H]1C(=O)Nc1ccncc1. The van der Waals surface area contributed by atoms with Gasteiger partial charge in [0, 0.05) is 24.6 Å². The molecule has 1 N–H and O–H groups in total. The molecule has 0 spiro atoms. The summed E-state index contributed by atoms with van der Waals surface area (Å²) in [6.45, 7) is 5.98. The zero-order valence-electron chi connectivity index (χ0n) is 12.6. The molecule has 2 amide bonds. The molecule has 6 nitrogen and oxygen atoms in total. The molecule has 6 heteroatoms. The molecular formula is C15H21N3O3. The third-order valence-corrected chi connectivity index (χ3v) is 3.13. The Balaban J connectivity index is 2.01. The van der Waals surface area contributed by atoms with E-state index >= 15 is 0 Å². The van der Waals surface area contributed by atoms with Crippen molar-refractivity contribution in [2.45, 2.75) is 45.3 Å². The lowest BCUT2D eigenvalue weighted by Crippen LogP contribution is -2.45. The van der Waals surface area contributed by atoms with Crippen LogP contribution in [0.5, 0.6) is 0 Å². The standard InChI is InChI=1S/C15H21N3O3/c1-15(2,3)21-14(20)18-10-4-5-12(18)13(19)17-11-6-8-16-9-7-11/h6-9,12H,4-5,10H2,1-3H3,(H,16,17,19)/t12-/m0/s1. The lowest BCUT2D eigenvalue weighted by Gasteiger charge is -2.28. The molecule has 1 atom stereocenters. The Morgan fingerprint density at radius 3 is 2.62 bits per heavy atom. The first kappa shape index (κ1) is 15.3. The molecule has 0 aromatic carbocycles. The zero-order chi connectivity index (χ0) is 15.5. The number of nitrogens with zero attached hydrogens (tertiary/aromatic N) is 2. The van der Waals surface area contributed by atoms with Crippen molar-refractivity contribution in [3.05, 3.63) is 24.5 Å². The fourth-order valence-electron chi connectivity index (χ4n) is 2.24. The van der Waals surface area contributed by atoms with E-state index in [1.807, 2.05) is 20.8 Å². The summed E-state index contributed by atoms with van der Waals surface area (Å²) in [5.41, 5.74) is 0.109. The van der Waals surface area contributed by atoms with Crippen LogP contribution in [0.4, 0.5) is 10.5 Å². The molecule has 0 unspecified atom stereocenters. The number of nitrogens with one attached hydrogen (secondary N) is 1. The van der Waals surface area contributed by atoms with E-state index in [1.165, 1.54) is 4.90 Å². The second kappa shape index (κ2) is 6.11. The molecule has 114 valence electrons. The first-order chi connectivity index (χ1) is 9.87. The normalized spacial score (nSPS) is 18.4. The average Bonchev–Trinajstić information content (AvgIpc) is 2.87. The summed E-state index contributed by atoms with van der Waals surface area (Å²) in [4.78, 5) is 29.9. The number of carbonyl (C=O) groups excluding carboxylic acids is 2. The molecule has 0 bridgehead atoms. The Morgan fingerprint density at radius 2 is 2.00 bits per heavy atom. The summed E-state index contributed by atoms with van der Waals surface area (Å²) >= 11 is 0. The van der Waals surface area contributed by atoms with Gasteiger partial charge in [0.25, 0.3) is 0 Å². The van der Waals surface area contributed by atoms with Gasteiger partial charge in [-0.1, -0.05) is 0 Å². The molecule has 1 aliphatic heterocycles. The van der Waals surface area contributed by atoms with Crippen LogP contribution < -0.4 is 5.32 Å². The highest BCUT2D eigenvalue weighted by atomic mass is 16.6. The van der Waals surface area contributed by atoms with Gasteiger partial charge in [0.2, 0.25) is 5.91 Å². The first-order valence-electron chi connectivity index (χ1n) is 7.07. The van der Waals surface area contributed by atoms with Crippen molar-refractivity contribution >= 4 is 17.7 Å². The number of likely N-dealkylation sites (tertiary alicyclic amines) is 1. The second-order valence-electron chi connectivity index (χ2n) is 6.06. The molecular weight excluding hydrogens is 270 g/mol. The molecule has 1 aliphatic rings. The fraction of sp³-hybridized carbons (Fsp3) is 0.533. The van der Waals surface area contributed by atoms with Crippen molar-refractivity contribution in [3.63, 3.8) is 0 Å². The highest BCUT2D eigenvalue weighted by Gasteiger charge is 2.36. The highest BCUT2D eigenvalue weighted by molar-refractivity contribution is 5.96. The van der Waals surface area contributed by atoms with Crippen LogP contribution in [0.1, 0.15) is 33.6 Å². The number of rotatable bonds is 2. The van der Waals surface area contributed by atoms with E-state index in [9.17, 15) is 9.59 Å². The largest absolute Gasteiger partial charge is 0.444 e. The predicted molar refractivity (Wildman–Crippen MR) is 78.8 cm³/mol. The van der Waals surface area contributed by atoms with Crippen molar-refractivity contribution in [1.29, 1.82) is 0 Å². The van der Waals surface area contributed by atoms with E-state index in [4.69, 9.17) is 4.74 Å². The minimum atomic E-state index is -0.564. The summed E-state index contributed by atoms with van der Waals surface area (Å²) in [7, 11) is 0. The fourth-order valence-corrected chi connectivity index (χ4v) is 2.24. The molecule has 0 saturated carbocycles. The lowest BCUT2D eigenvalue weighted by atomic mass is 10.2. The predicted octanol–water partition coefficient (Wildman–Crippen LogP) is 2.42. The summed E-state index contributed by atoms with van der Waals surface area (Å²) in [6, 6.07) is 2.95. The summed E-state index contributed by atoms with van der Waals surface area (Å²) in [6.07, 6.45) is 4.23. The molecule has 2 heterocycles. The van der Waals surface area contributed by atoms with Crippen LogP contribution in [0.2, 0.25) is 0 Å². The van der Waals surface area contributed by atoms with Crippen molar-refractivity contribution < 1.29 is 14.3 Å². The van der Waals surface area contributed by atoms with E-state index in [0.29, 0.717) is 18.7 Å². The third kappa shape index (κ3) is 4.18. The van der Waals surface area contributed by atoms with Gasteiger partial charge in [-0.15, -0.1) is 0 Å². The van der Waals surface area contributed by atoms with Crippen molar-refractivity contribution in [2.75, 3.05) is 11.9 Å². The van der Waals surface area contributed by atoms with Gasteiger partial charge in [0.15, 0.2) is 0 Å². The molecule has 2 rings (SSSR count). The highest BCUT2D eigenvalue weighted by Crippen LogP contribution is 2.22. The molecule has 0 aliphatic carbocycles. The van der Waals surface area contributed by atoms with Gasteiger partial charge in [0.05, 0.1) is 0 Å². The smallest absolute Gasteiger partial charge is 0.410 e. The van der Waals surface area contributed by atoms with Gasteiger partial charge in [-0.25, -0.2) is 4.79 Å². The molecule has 0 radical (unpaired) electrons. The van der Waals surface area contributed by atoms with E-state index in [2.05, 4.69) is 10.3 Å². The minimum Gasteiger partial charge on any atom is -0.444 e. The van der Waals surface area contributed by atoms with Crippen molar-refractivity contribution in [2.24, 2.45) is 0 Å². The Kier molecular flexibility index (Phi) is 4.45. The van der Waals surface area contributed by atoms with E-state index in [-0.39, 0.29) is 5.91 Å². The van der Waals surface area contributed by atoms with Crippen LogP contribution in [0.3, 0.4) is 0 Å². The Bertz CT molecular complexity index is 511. The quantitative estimate of drug-likeness (QED) is 0.908. The van der Waals surface area contributed by atoms with Crippen LogP contribution in [-0.2, 0) is 9.53 Å². The zero-order valence-corrected chi connectivity index (χ0v) is 12.6. The number of carbonyl (C=O) groups is 2. The second-order valence-corrected chi connectivity index (χ2v) is 6.06. The molecule has 1 aromatic rings. The topological polar surface area (TPSA) is 71.5 Å². The summed E-state index contributed by atoms with van der Waals surface area (Å²) < 4.78 is 5.35. The number of anilines is 1. The minimum absolute atomic E-state index is 0.190. The molecule has 1 aromatic heterocycles. The summed E-state index contributed by atoms with van der Waals surface area (Å²) in [5.74, 6) is -0.190. The Hall–Kier alpha value is -2.11. The third-order valence-electron chi connectivity index (χ3n) is 3.13. The van der Waals surface area contributed by atoms with E-state index in [0.717, 1.165) is 6.42 Å². The molecule has 1 saturated heterocycles. The Morgan fingerprint density at radius 1 is 1.33 bits per heavy atom. The first-order valence-corrected chi connectivity index (χ1v) is 7.07. The summed E-state index contributed by atoms with van der Waals surface area (Å²) in [5, 5.41) is 2.80. The maximum atomic E-state index is 12.3. The van der Waals surface area contributed by atoms with Gasteiger partial charge in [0.1, 0.15) is 11.6 Å². The number of hydrogen-bond acceptors (Lipinski definition) is 4. The monoisotopic (exact) mass is 291 g/mol. The number of aromatic nitrogens is 1. The maximum Gasteiger partial charge on any atom is 0.410 e. The average molecular weight is 291 g/mol. The molecule has 1 fully saturated rings. The van der Waals surface area contributed by atoms with Crippen LogP contribution in [0.25, 0.3) is 0 Å². The lowest BCUT2D eigenvalue weighted by molar-refractivity contribution is -0.120. The van der Waals surface area contributed by atoms with Crippen LogP contribution in [-0.4, -0.2) is 40.1 Å². The number of hydrogen-bond donors (Lipinski definition) is 1. The van der Waals surface area contributed by atoms with Gasteiger partial charge in [-0.05, 0) is 45.7 Å². The van der Waals surface area contributed by atoms with Crippen molar-refractivity contribution in [3.8, 4) is 0 Å². The van der Waals surface area contributed by atoms with Gasteiger partial charge in [-0.2, -0.15) is 0 Å². The van der Waals surface area contributed by atoms with E-state index < -0.39 is 17.7 Å². The van der Waals surface area contributed by atoms with Crippen LogP contribution in [0, 0.1) is 0 Å². The Labute approximate surface area is 124 Å². The molecule has 21 heavy (non-hydrogen) atoms. The maximum absolute atomic E-state index is 12.3. The van der Waals surface area contributed by atoms with Gasteiger partial charge >= 0.3 is 6.09 Å². The number of ether oxygens (including phenoxy) is 1. The van der Waals surface area contributed by atoms with Gasteiger partial charge in [-0.3, -0.25) is 14.7 Å².